The molecule has 1 heterocycles. The maximum atomic E-state index is 11.3. The van der Waals surface area contributed by atoms with Gasteiger partial charge in [0.2, 0.25) is 0 Å². The van der Waals surface area contributed by atoms with Gasteiger partial charge in [-0.25, -0.2) is 0 Å². The molecule has 0 spiro atoms. The number of hydrogen-bond acceptors (Lipinski definition) is 2. The zero-order valence-electron chi connectivity index (χ0n) is 9.05. The predicted octanol–water partition coefficient (Wildman–Crippen LogP) is 2.09. The average Bonchev–Trinajstić information content (AvgIpc) is 2.13. The molecule has 0 aromatic heterocycles. The van der Waals surface area contributed by atoms with Crippen molar-refractivity contribution in [3.05, 3.63) is 0 Å². The molecule has 13 heavy (non-hydrogen) atoms. The summed E-state index contributed by atoms with van der Waals surface area (Å²) in [5, 5.41) is 0. The van der Waals surface area contributed by atoms with Crippen LogP contribution in [0.3, 0.4) is 0 Å². The van der Waals surface area contributed by atoms with Crippen LogP contribution < -0.4 is 0 Å². The SMILES string of the molecule is CCC(=O)CN1CCCC(C)C1C. The zero-order chi connectivity index (χ0) is 9.84. The van der Waals surface area contributed by atoms with Crippen LogP contribution >= 0.6 is 0 Å². The summed E-state index contributed by atoms with van der Waals surface area (Å²) >= 11 is 0. The summed E-state index contributed by atoms with van der Waals surface area (Å²) in [6, 6.07) is 0.587. The van der Waals surface area contributed by atoms with E-state index in [1.807, 2.05) is 6.92 Å². The Morgan fingerprint density at radius 1 is 1.46 bits per heavy atom. The van der Waals surface area contributed by atoms with Crippen molar-refractivity contribution < 1.29 is 4.79 Å². The van der Waals surface area contributed by atoms with Gasteiger partial charge in [0.25, 0.3) is 0 Å². The van der Waals surface area contributed by atoms with Crippen LogP contribution in [0, 0.1) is 5.92 Å². The van der Waals surface area contributed by atoms with Gasteiger partial charge in [0.05, 0.1) is 6.54 Å². The van der Waals surface area contributed by atoms with Crippen molar-refractivity contribution in [1.82, 2.24) is 4.90 Å². The molecule has 0 amide bonds. The molecule has 1 fully saturated rings. The summed E-state index contributed by atoms with van der Waals surface area (Å²) in [5.41, 5.74) is 0. The first-order valence-electron chi connectivity index (χ1n) is 5.41. The second-order valence-corrected chi connectivity index (χ2v) is 4.22. The molecule has 1 aliphatic heterocycles. The first-order valence-corrected chi connectivity index (χ1v) is 5.41. The average molecular weight is 183 g/mol. The van der Waals surface area contributed by atoms with E-state index >= 15 is 0 Å². The lowest BCUT2D eigenvalue weighted by molar-refractivity contribution is -0.121. The highest BCUT2D eigenvalue weighted by Crippen LogP contribution is 2.22. The van der Waals surface area contributed by atoms with Gasteiger partial charge in [-0.3, -0.25) is 9.69 Å². The molecule has 2 nitrogen and oxygen atoms in total. The highest BCUT2D eigenvalue weighted by molar-refractivity contribution is 5.80. The lowest BCUT2D eigenvalue weighted by Gasteiger charge is -2.37. The number of hydrogen-bond donors (Lipinski definition) is 0. The van der Waals surface area contributed by atoms with E-state index in [2.05, 4.69) is 18.7 Å². The minimum atomic E-state index is 0.376. The molecule has 2 heteroatoms. The van der Waals surface area contributed by atoms with E-state index in [1.165, 1.54) is 12.8 Å². The Hall–Kier alpha value is -0.370. The number of carbonyl (C=O) groups excluding carboxylic acids is 1. The van der Waals surface area contributed by atoms with Crippen molar-refractivity contribution in [2.45, 2.75) is 46.1 Å². The van der Waals surface area contributed by atoms with Gasteiger partial charge in [-0.15, -0.1) is 0 Å². The summed E-state index contributed by atoms with van der Waals surface area (Å²) in [6.07, 6.45) is 3.25. The first-order chi connectivity index (χ1) is 6.15. The molecule has 0 aromatic rings. The number of carbonyl (C=O) groups is 1. The Morgan fingerprint density at radius 3 is 2.77 bits per heavy atom. The summed E-state index contributed by atoms with van der Waals surface area (Å²) in [5.74, 6) is 1.12. The molecule has 2 unspecified atom stereocenters. The lowest BCUT2D eigenvalue weighted by atomic mass is 9.92. The van der Waals surface area contributed by atoms with Crippen LogP contribution in [0.25, 0.3) is 0 Å². The van der Waals surface area contributed by atoms with Gasteiger partial charge in [-0.1, -0.05) is 13.8 Å². The fourth-order valence-electron chi connectivity index (χ4n) is 1.98. The molecule has 1 saturated heterocycles. The molecule has 0 radical (unpaired) electrons. The highest BCUT2D eigenvalue weighted by atomic mass is 16.1. The maximum Gasteiger partial charge on any atom is 0.146 e. The molecular formula is C11H21NO. The van der Waals surface area contributed by atoms with Crippen LogP contribution in [0.4, 0.5) is 0 Å². The Morgan fingerprint density at radius 2 is 2.15 bits per heavy atom. The van der Waals surface area contributed by atoms with Crippen LogP contribution in [0.1, 0.15) is 40.0 Å². The van der Waals surface area contributed by atoms with E-state index in [9.17, 15) is 4.79 Å². The van der Waals surface area contributed by atoms with Crippen molar-refractivity contribution in [3.8, 4) is 0 Å². The monoisotopic (exact) mass is 183 g/mol. The Kier molecular flexibility index (Phi) is 3.91. The van der Waals surface area contributed by atoms with Crippen LogP contribution in [-0.2, 0) is 4.79 Å². The third kappa shape index (κ3) is 2.80. The highest BCUT2D eigenvalue weighted by Gasteiger charge is 2.25. The molecule has 76 valence electrons. The molecule has 0 aliphatic carbocycles. The van der Waals surface area contributed by atoms with Crippen LogP contribution in [-0.4, -0.2) is 29.8 Å². The second-order valence-electron chi connectivity index (χ2n) is 4.22. The second kappa shape index (κ2) is 4.75. The van der Waals surface area contributed by atoms with Gasteiger partial charge < -0.3 is 0 Å². The molecule has 0 saturated carbocycles. The van der Waals surface area contributed by atoms with Gasteiger partial charge in [-0.05, 0) is 32.2 Å². The quantitative estimate of drug-likeness (QED) is 0.667. The van der Waals surface area contributed by atoms with E-state index in [-0.39, 0.29) is 0 Å². The number of piperidine rings is 1. The molecule has 1 rings (SSSR count). The molecular weight excluding hydrogens is 162 g/mol. The van der Waals surface area contributed by atoms with Crippen molar-refractivity contribution >= 4 is 5.78 Å². The molecule has 0 aromatic carbocycles. The Labute approximate surface area is 81.3 Å². The van der Waals surface area contributed by atoms with Gasteiger partial charge in [-0.2, -0.15) is 0 Å². The topological polar surface area (TPSA) is 20.3 Å². The van der Waals surface area contributed by atoms with E-state index in [0.717, 1.165) is 12.5 Å². The molecule has 0 bridgehead atoms. The normalized spacial score (nSPS) is 30.4. The Balaban J connectivity index is 2.43. The minimum absolute atomic E-state index is 0.376. The number of Topliss-reactive ketones (excluding diaryl/α,β-unsaturated/α-hetero) is 1. The number of nitrogens with zero attached hydrogens (tertiary/aromatic N) is 1. The third-order valence-electron chi connectivity index (χ3n) is 3.28. The van der Waals surface area contributed by atoms with E-state index in [1.54, 1.807) is 0 Å². The smallest absolute Gasteiger partial charge is 0.146 e. The molecule has 1 aliphatic rings. The standard InChI is InChI=1S/C11H21NO/c1-4-11(13)8-12-7-5-6-9(2)10(12)3/h9-10H,4-8H2,1-3H3. The van der Waals surface area contributed by atoms with E-state index in [0.29, 0.717) is 24.8 Å². The summed E-state index contributed by atoms with van der Waals surface area (Å²) in [4.78, 5) is 13.6. The largest absolute Gasteiger partial charge is 0.298 e. The number of likely N-dealkylation sites (tertiary alicyclic amines) is 1. The first kappa shape index (κ1) is 10.7. The summed E-state index contributed by atoms with van der Waals surface area (Å²) < 4.78 is 0. The van der Waals surface area contributed by atoms with Crippen molar-refractivity contribution in [3.63, 3.8) is 0 Å². The lowest BCUT2D eigenvalue weighted by Crippen LogP contribution is -2.44. The fourth-order valence-corrected chi connectivity index (χ4v) is 1.98. The number of ketones is 1. The zero-order valence-corrected chi connectivity index (χ0v) is 9.05. The third-order valence-corrected chi connectivity index (χ3v) is 3.28. The maximum absolute atomic E-state index is 11.3. The van der Waals surface area contributed by atoms with Gasteiger partial charge >= 0.3 is 0 Å². The van der Waals surface area contributed by atoms with Gasteiger partial charge in [0.1, 0.15) is 5.78 Å². The van der Waals surface area contributed by atoms with Crippen LogP contribution in [0.5, 0.6) is 0 Å². The minimum Gasteiger partial charge on any atom is -0.298 e. The van der Waals surface area contributed by atoms with Crippen molar-refractivity contribution in [2.75, 3.05) is 13.1 Å². The predicted molar refractivity (Wildman–Crippen MR) is 54.7 cm³/mol. The summed E-state index contributed by atoms with van der Waals surface area (Å²) in [6.45, 7) is 8.25. The van der Waals surface area contributed by atoms with Crippen molar-refractivity contribution in [1.29, 1.82) is 0 Å². The van der Waals surface area contributed by atoms with E-state index in [4.69, 9.17) is 0 Å². The van der Waals surface area contributed by atoms with Gasteiger partial charge in [0.15, 0.2) is 0 Å². The Bertz CT molecular complexity index is 179. The molecule has 0 N–H and O–H groups in total. The van der Waals surface area contributed by atoms with Crippen molar-refractivity contribution in [2.24, 2.45) is 5.92 Å². The van der Waals surface area contributed by atoms with Gasteiger partial charge in [0, 0.05) is 12.5 Å². The molecule has 2 atom stereocenters. The fraction of sp³-hybridized carbons (Fsp3) is 0.909. The van der Waals surface area contributed by atoms with E-state index < -0.39 is 0 Å². The van der Waals surface area contributed by atoms with Crippen LogP contribution in [0.2, 0.25) is 0 Å². The summed E-state index contributed by atoms with van der Waals surface area (Å²) in [7, 11) is 0. The van der Waals surface area contributed by atoms with Crippen LogP contribution in [0.15, 0.2) is 0 Å². The number of rotatable bonds is 3.